The van der Waals surface area contributed by atoms with E-state index in [9.17, 15) is 0 Å². The van der Waals surface area contributed by atoms with Gasteiger partial charge in [0.1, 0.15) is 0 Å². The number of nitrogens with one attached hydrogen (secondary N) is 1. The van der Waals surface area contributed by atoms with Crippen molar-refractivity contribution in [3.05, 3.63) is 16.1 Å². The number of aromatic nitrogens is 1. The first-order valence-electron chi connectivity index (χ1n) is 7.60. The summed E-state index contributed by atoms with van der Waals surface area (Å²) in [5.74, 6) is 0. The van der Waals surface area contributed by atoms with Crippen LogP contribution in [0, 0.1) is 6.92 Å². The maximum atomic E-state index is 4.40. The van der Waals surface area contributed by atoms with Crippen LogP contribution in [0.3, 0.4) is 0 Å². The largest absolute Gasteiger partial charge is 0.308 e. The van der Waals surface area contributed by atoms with Crippen molar-refractivity contribution in [3.63, 3.8) is 0 Å². The predicted molar refractivity (Wildman–Crippen MR) is 80.5 cm³/mol. The number of thiazole rings is 1. The van der Waals surface area contributed by atoms with Crippen LogP contribution in [0.4, 0.5) is 0 Å². The van der Waals surface area contributed by atoms with Crippen LogP contribution < -0.4 is 5.32 Å². The first-order chi connectivity index (χ1) is 9.22. The number of aryl methyl sites for hydroxylation is 1. The molecule has 1 saturated heterocycles. The van der Waals surface area contributed by atoms with Gasteiger partial charge in [-0.2, -0.15) is 0 Å². The smallest absolute Gasteiger partial charge is 0.0798 e. The van der Waals surface area contributed by atoms with Crippen LogP contribution >= 0.6 is 11.3 Å². The quantitative estimate of drug-likeness (QED) is 0.922. The highest BCUT2D eigenvalue weighted by Gasteiger charge is 2.40. The number of piperazine rings is 1. The van der Waals surface area contributed by atoms with E-state index in [0.29, 0.717) is 11.6 Å². The molecule has 1 unspecified atom stereocenters. The molecule has 2 heterocycles. The first-order valence-corrected chi connectivity index (χ1v) is 8.48. The lowest BCUT2D eigenvalue weighted by atomic mass is 9.91. The second-order valence-electron chi connectivity index (χ2n) is 6.20. The van der Waals surface area contributed by atoms with Crippen LogP contribution in [0.15, 0.2) is 5.51 Å². The van der Waals surface area contributed by atoms with E-state index >= 15 is 0 Å². The number of rotatable bonds is 3. The van der Waals surface area contributed by atoms with Crippen LogP contribution in [-0.2, 0) is 6.54 Å². The van der Waals surface area contributed by atoms with E-state index in [4.69, 9.17) is 0 Å². The summed E-state index contributed by atoms with van der Waals surface area (Å²) in [5.41, 5.74) is 3.63. The van der Waals surface area contributed by atoms with Gasteiger partial charge in [0.25, 0.3) is 0 Å². The molecular weight excluding hydrogens is 254 g/mol. The molecule has 1 saturated carbocycles. The fourth-order valence-electron chi connectivity index (χ4n) is 3.67. The Morgan fingerprint density at radius 2 is 2.26 bits per heavy atom. The van der Waals surface area contributed by atoms with E-state index in [0.717, 1.165) is 13.1 Å². The zero-order valence-electron chi connectivity index (χ0n) is 12.1. The van der Waals surface area contributed by atoms with Gasteiger partial charge in [-0.25, -0.2) is 4.98 Å². The van der Waals surface area contributed by atoms with Crippen molar-refractivity contribution in [1.82, 2.24) is 15.2 Å². The van der Waals surface area contributed by atoms with Crippen LogP contribution in [0.2, 0.25) is 0 Å². The summed E-state index contributed by atoms with van der Waals surface area (Å²) >= 11 is 1.81. The Morgan fingerprint density at radius 3 is 2.89 bits per heavy atom. The summed E-state index contributed by atoms with van der Waals surface area (Å²) in [7, 11) is 0. The van der Waals surface area contributed by atoms with E-state index in [1.54, 1.807) is 0 Å². The van der Waals surface area contributed by atoms with Crippen molar-refractivity contribution < 1.29 is 0 Å². The molecule has 3 nitrogen and oxygen atoms in total. The fraction of sp³-hybridized carbons (Fsp3) is 0.800. The van der Waals surface area contributed by atoms with Crippen molar-refractivity contribution in [2.75, 3.05) is 13.1 Å². The molecule has 1 atom stereocenters. The summed E-state index contributed by atoms with van der Waals surface area (Å²) in [6.07, 6.45) is 6.76. The maximum Gasteiger partial charge on any atom is 0.0798 e. The average molecular weight is 279 g/mol. The summed E-state index contributed by atoms with van der Waals surface area (Å²) < 4.78 is 0. The third-order valence-electron chi connectivity index (χ3n) is 4.96. The van der Waals surface area contributed by atoms with Gasteiger partial charge in [-0.3, -0.25) is 4.90 Å². The zero-order chi connectivity index (χ0) is 13.3. The molecule has 1 aliphatic heterocycles. The molecule has 106 valence electrons. The SMILES string of the molecule is CCC1CNC2(CCCC2)CN1Cc1scnc1C. The lowest BCUT2D eigenvalue weighted by Crippen LogP contribution is -2.62. The van der Waals surface area contributed by atoms with Gasteiger partial charge >= 0.3 is 0 Å². The normalized spacial score (nSPS) is 27.2. The Hall–Kier alpha value is -0.450. The number of nitrogens with zero attached hydrogens (tertiary/aromatic N) is 2. The van der Waals surface area contributed by atoms with Gasteiger partial charge in [0.05, 0.1) is 11.2 Å². The van der Waals surface area contributed by atoms with E-state index in [1.807, 2.05) is 16.8 Å². The maximum absolute atomic E-state index is 4.40. The lowest BCUT2D eigenvalue weighted by Gasteiger charge is -2.46. The minimum absolute atomic E-state index is 0.421. The molecule has 0 bridgehead atoms. The molecule has 0 aromatic carbocycles. The second-order valence-corrected chi connectivity index (χ2v) is 7.14. The molecule has 0 amide bonds. The topological polar surface area (TPSA) is 28.2 Å². The van der Waals surface area contributed by atoms with Gasteiger partial charge in [-0.1, -0.05) is 19.8 Å². The zero-order valence-corrected chi connectivity index (χ0v) is 12.9. The first kappa shape index (κ1) is 13.5. The molecule has 3 rings (SSSR count). The monoisotopic (exact) mass is 279 g/mol. The minimum atomic E-state index is 0.421. The molecule has 0 radical (unpaired) electrons. The molecule has 1 aliphatic carbocycles. The van der Waals surface area contributed by atoms with Crippen molar-refractivity contribution in [3.8, 4) is 0 Å². The van der Waals surface area contributed by atoms with Crippen LogP contribution in [-0.4, -0.2) is 34.6 Å². The van der Waals surface area contributed by atoms with E-state index < -0.39 is 0 Å². The summed E-state index contributed by atoms with van der Waals surface area (Å²) in [6.45, 7) is 7.93. The summed E-state index contributed by atoms with van der Waals surface area (Å²) in [5, 5.41) is 3.87. The molecule has 1 N–H and O–H groups in total. The van der Waals surface area contributed by atoms with Crippen LogP contribution in [0.5, 0.6) is 0 Å². The molecular formula is C15H25N3S. The van der Waals surface area contributed by atoms with Gasteiger partial charge in [0.2, 0.25) is 0 Å². The Kier molecular flexibility index (Phi) is 3.92. The van der Waals surface area contributed by atoms with Gasteiger partial charge in [-0.05, 0) is 26.2 Å². The van der Waals surface area contributed by atoms with Crippen molar-refractivity contribution in [2.24, 2.45) is 0 Å². The van der Waals surface area contributed by atoms with E-state index in [-0.39, 0.29) is 0 Å². The fourth-order valence-corrected chi connectivity index (χ4v) is 4.48. The Labute approximate surface area is 120 Å². The van der Waals surface area contributed by atoms with E-state index in [1.165, 1.54) is 49.2 Å². The highest BCUT2D eigenvalue weighted by atomic mass is 32.1. The van der Waals surface area contributed by atoms with Crippen molar-refractivity contribution in [2.45, 2.75) is 64.1 Å². The van der Waals surface area contributed by atoms with Gasteiger partial charge < -0.3 is 5.32 Å². The highest BCUT2D eigenvalue weighted by molar-refractivity contribution is 7.09. The van der Waals surface area contributed by atoms with Gasteiger partial charge in [0.15, 0.2) is 0 Å². The highest BCUT2D eigenvalue weighted by Crippen LogP contribution is 2.34. The molecule has 4 heteroatoms. The van der Waals surface area contributed by atoms with Crippen LogP contribution in [0.25, 0.3) is 0 Å². The minimum Gasteiger partial charge on any atom is -0.308 e. The Balaban J connectivity index is 1.74. The second kappa shape index (κ2) is 5.51. The van der Waals surface area contributed by atoms with Gasteiger partial charge in [0, 0.05) is 36.1 Å². The van der Waals surface area contributed by atoms with Gasteiger partial charge in [-0.15, -0.1) is 11.3 Å². The predicted octanol–water partition coefficient (Wildman–Crippen LogP) is 2.95. The molecule has 1 aromatic rings. The van der Waals surface area contributed by atoms with Crippen LogP contribution in [0.1, 0.15) is 49.6 Å². The molecule has 2 fully saturated rings. The number of hydrogen-bond acceptors (Lipinski definition) is 4. The number of hydrogen-bond donors (Lipinski definition) is 1. The third-order valence-corrected chi connectivity index (χ3v) is 5.88. The molecule has 1 spiro atoms. The molecule has 2 aliphatic rings. The Morgan fingerprint density at radius 1 is 1.47 bits per heavy atom. The standard InChI is InChI=1S/C15H25N3S/c1-3-13-8-17-15(6-4-5-7-15)10-18(13)9-14-12(2)16-11-19-14/h11,13,17H,3-10H2,1-2H3. The average Bonchev–Trinajstić information content (AvgIpc) is 3.01. The Bertz CT molecular complexity index is 423. The molecule has 1 aromatic heterocycles. The molecule has 19 heavy (non-hydrogen) atoms. The summed E-state index contributed by atoms with van der Waals surface area (Å²) in [6, 6.07) is 0.688. The third kappa shape index (κ3) is 2.71. The van der Waals surface area contributed by atoms with Crippen molar-refractivity contribution in [1.29, 1.82) is 0 Å². The lowest BCUT2D eigenvalue weighted by molar-refractivity contribution is 0.0725. The van der Waals surface area contributed by atoms with Crippen molar-refractivity contribution >= 4 is 11.3 Å². The van der Waals surface area contributed by atoms with E-state index in [2.05, 4.69) is 29.0 Å². The summed E-state index contributed by atoms with van der Waals surface area (Å²) in [4.78, 5) is 8.56.